The summed E-state index contributed by atoms with van der Waals surface area (Å²) >= 11 is 0. The van der Waals surface area contributed by atoms with Gasteiger partial charge in [0.15, 0.2) is 5.78 Å². The Morgan fingerprint density at radius 3 is 2.88 bits per heavy atom. The summed E-state index contributed by atoms with van der Waals surface area (Å²) in [4.78, 5) is 28.0. The van der Waals surface area contributed by atoms with Crippen molar-refractivity contribution >= 4 is 11.7 Å². The molecule has 3 heteroatoms. The minimum Gasteiger partial charge on any atom is -0.338 e. The number of carbonyl (C=O) groups excluding carboxylic acids is 2. The van der Waals surface area contributed by atoms with Crippen LogP contribution in [0.25, 0.3) is 0 Å². The van der Waals surface area contributed by atoms with Crippen molar-refractivity contribution in [3.05, 3.63) is 34.4 Å². The molecule has 2 bridgehead atoms. The molecule has 2 heterocycles. The number of ketones is 1. The minimum atomic E-state index is -0.0756. The van der Waals surface area contributed by atoms with Crippen LogP contribution in [-0.2, 0) is 10.2 Å². The van der Waals surface area contributed by atoms with Crippen LogP contribution in [0, 0.1) is 11.8 Å². The number of piperidine rings is 1. The normalized spacial score (nSPS) is 44.1. The molecule has 3 aliphatic carbocycles. The van der Waals surface area contributed by atoms with Crippen molar-refractivity contribution in [3.8, 4) is 0 Å². The third-order valence-electron chi connectivity index (χ3n) is 8.18. The molecule has 0 spiro atoms. The standard InChI is InChI=1S/C21H23NO2/c1-10-9-22-17-8-14(10)12-4-5-13-16(23)7-11-3-6-15(20(22)24)21(17,2)19(12)18(11)13/h4-5,10-11,14-15,17H,3,6-9H2,1-2H3/t10-,11+,14-,15-,17-,21-/m1/s1. The van der Waals surface area contributed by atoms with Gasteiger partial charge in [0.25, 0.3) is 0 Å². The Morgan fingerprint density at radius 2 is 2.04 bits per heavy atom. The van der Waals surface area contributed by atoms with Crippen LogP contribution in [0.4, 0.5) is 0 Å². The molecule has 124 valence electrons. The lowest BCUT2D eigenvalue weighted by atomic mass is 9.57. The van der Waals surface area contributed by atoms with E-state index in [1.54, 1.807) is 0 Å². The van der Waals surface area contributed by atoms with Gasteiger partial charge in [-0.1, -0.05) is 26.0 Å². The van der Waals surface area contributed by atoms with Gasteiger partial charge in [0.05, 0.1) is 0 Å². The number of rotatable bonds is 0. The molecule has 1 amide bonds. The van der Waals surface area contributed by atoms with E-state index >= 15 is 0 Å². The molecule has 0 radical (unpaired) electrons. The molecule has 0 unspecified atom stereocenters. The second-order valence-corrected chi connectivity index (χ2v) is 9.05. The van der Waals surface area contributed by atoms with Crippen LogP contribution < -0.4 is 0 Å². The van der Waals surface area contributed by atoms with Crippen molar-refractivity contribution in [3.63, 3.8) is 0 Å². The van der Waals surface area contributed by atoms with Gasteiger partial charge in [0.1, 0.15) is 0 Å². The molecule has 2 saturated heterocycles. The average Bonchev–Trinajstić information content (AvgIpc) is 2.94. The van der Waals surface area contributed by atoms with Crippen LogP contribution in [0.3, 0.4) is 0 Å². The van der Waals surface area contributed by atoms with Gasteiger partial charge in [0, 0.05) is 35.9 Å². The Labute approximate surface area is 142 Å². The van der Waals surface area contributed by atoms with Crippen molar-refractivity contribution in [1.29, 1.82) is 0 Å². The predicted molar refractivity (Wildman–Crippen MR) is 90.2 cm³/mol. The Bertz CT molecular complexity index is 827. The fraction of sp³-hybridized carbons (Fsp3) is 0.619. The highest BCUT2D eigenvalue weighted by Crippen LogP contribution is 2.63. The Hall–Kier alpha value is -1.64. The van der Waals surface area contributed by atoms with Gasteiger partial charge < -0.3 is 4.90 Å². The maximum atomic E-state index is 13.2. The van der Waals surface area contributed by atoms with Gasteiger partial charge in [-0.25, -0.2) is 0 Å². The lowest BCUT2D eigenvalue weighted by molar-refractivity contribution is -0.134. The zero-order valence-electron chi connectivity index (χ0n) is 14.3. The second-order valence-electron chi connectivity index (χ2n) is 9.05. The molecule has 2 fully saturated rings. The quantitative estimate of drug-likeness (QED) is 0.735. The van der Waals surface area contributed by atoms with Crippen LogP contribution in [0.2, 0.25) is 0 Å². The summed E-state index contributed by atoms with van der Waals surface area (Å²) in [5.74, 6) is 2.27. The smallest absolute Gasteiger partial charge is 0.226 e. The summed E-state index contributed by atoms with van der Waals surface area (Å²) in [6.07, 6.45) is 3.73. The van der Waals surface area contributed by atoms with Gasteiger partial charge in [-0.2, -0.15) is 0 Å². The van der Waals surface area contributed by atoms with Gasteiger partial charge in [0.2, 0.25) is 5.91 Å². The predicted octanol–water partition coefficient (Wildman–Crippen LogP) is 3.37. The summed E-state index contributed by atoms with van der Waals surface area (Å²) in [6, 6.07) is 4.71. The number of Topliss-reactive ketones (excluding diaryl/α,β-unsaturated/α-hetero) is 1. The average molecular weight is 321 g/mol. The van der Waals surface area contributed by atoms with Crippen molar-refractivity contribution in [1.82, 2.24) is 4.90 Å². The number of carbonyl (C=O) groups is 2. The van der Waals surface area contributed by atoms with E-state index in [1.165, 1.54) is 16.7 Å². The first-order chi connectivity index (χ1) is 11.5. The number of fused-ring (bicyclic) bond motifs is 2. The van der Waals surface area contributed by atoms with Crippen molar-refractivity contribution in [2.75, 3.05) is 6.54 Å². The van der Waals surface area contributed by atoms with Crippen LogP contribution >= 0.6 is 0 Å². The van der Waals surface area contributed by atoms with Crippen LogP contribution in [0.1, 0.15) is 78.4 Å². The highest BCUT2D eigenvalue weighted by atomic mass is 16.2. The lowest BCUT2D eigenvalue weighted by Gasteiger charge is -2.51. The molecular weight excluding hydrogens is 298 g/mol. The first-order valence-electron chi connectivity index (χ1n) is 9.52. The van der Waals surface area contributed by atoms with E-state index in [2.05, 4.69) is 30.9 Å². The first kappa shape index (κ1) is 13.6. The molecule has 5 aliphatic rings. The third kappa shape index (κ3) is 1.24. The molecule has 6 atom stereocenters. The molecule has 1 aromatic carbocycles. The van der Waals surface area contributed by atoms with E-state index in [0.29, 0.717) is 41.9 Å². The number of nitrogens with zero attached hydrogens (tertiary/aromatic N) is 1. The first-order valence-corrected chi connectivity index (χ1v) is 9.52. The minimum absolute atomic E-state index is 0.0756. The van der Waals surface area contributed by atoms with E-state index in [0.717, 1.165) is 31.4 Å². The van der Waals surface area contributed by atoms with Gasteiger partial charge in [-0.3, -0.25) is 9.59 Å². The SMILES string of the molecule is C[C@@H]1CN2C(=O)[C@H]3CC[C@H]4CC(=O)c5ccc6c(c54)[C@@]3(C)[C@H]2C[C@@H]61. The molecule has 0 aromatic heterocycles. The Kier molecular flexibility index (Phi) is 2.24. The zero-order chi connectivity index (χ0) is 16.4. The summed E-state index contributed by atoms with van der Waals surface area (Å²) in [5, 5.41) is 0. The van der Waals surface area contributed by atoms with Crippen molar-refractivity contribution in [2.45, 2.75) is 62.8 Å². The number of hydrogen-bond acceptors (Lipinski definition) is 2. The maximum Gasteiger partial charge on any atom is 0.226 e. The van der Waals surface area contributed by atoms with E-state index in [4.69, 9.17) is 0 Å². The number of hydrogen-bond donors (Lipinski definition) is 0. The fourth-order valence-corrected chi connectivity index (χ4v) is 7.13. The topological polar surface area (TPSA) is 37.4 Å². The Balaban J connectivity index is 1.75. The van der Waals surface area contributed by atoms with Crippen LogP contribution in [0.5, 0.6) is 0 Å². The summed E-state index contributed by atoms with van der Waals surface area (Å²) in [7, 11) is 0. The number of amides is 1. The van der Waals surface area contributed by atoms with Gasteiger partial charge in [-0.15, -0.1) is 0 Å². The van der Waals surface area contributed by atoms with Crippen LogP contribution in [0.15, 0.2) is 12.1 Å². The monoisotopic (exact) mass is 321 g/mol. The molecular formula is C21H23NO2. The highest BCUT2D eigenvalue weighted by molar-refractivity contribution is 6.02. The fourth-order valence-electron chi connectivity index (χ4n) is 7.13. The number of benzene rings is 1. The van der Waals surface area contributed by atoms with Crippen molar-refractivity contribution < 1.29 is 9.59 Å². The molecule has 1 aromatic rings. The molecule has 0 N–H and O–H groups in total. The summed E-state index contributed by atoms with van der Waals surface area (Å²) < 4.78 is 0. The Morgan fingerprint density at radius 1 is 1.21 bits per heavy atom. The molecule has 3 nitrogen and oxygen atoms in total. The maximum absolute atomic E-state index is 13.2. The summed E-state index contributed by atoms with van der Waals surface area (Å²) in [6.45, 7) is 5.56. The molecule has 6 rings (SSSR count). The van der Waals surface area contributed by atoms with Crippen LogP contribution in [-0.4, -0.2) is 29.2 Å². The van der Waals surface area contributed by atoms with E-state index in [1.807, 2.05) is 0 Å². The second kappa shape index (κ2) is 3.95. The highest BCUT2D eigenvalue weighted by Gasteiger charge is 2.64. The van der Waals surface area contributed by atoms with E-state index in [-0.39, 0.29) is 11.3 Å². The van der Waals surface area contributed by atoms with Crippen molar-refractivity contribution in [2.24, 2.45) is 11.8 Å². The molecule has 0 saturated carbocycles. The van der Waals surface area contributed by atoms with E-state index in [9.17, 15) is 9.59 Å². The molecule has 2 aliphatic heterocycles. The largest absolute Gasteiger partial charge is 0.338 e. The third-order valence-corrected chi connectivity index (χ3v) is 8.18. The van der Waals surface area contributed by atoms with Gasteiger partial charge >= 0.3 is 0 Å². The summed E-state index contributed by atoms with van der Waals surface area (Å²) in [5.41, 5.74) is 5.15. The van der Waals surface area contributed by atoms with E-state index < -0.39 is 0 Å². The van der Waals surface area contributed by atoms with Gasteiger partial charge in [-0.05, 0) is 53.7 Å². The molecule has 24 heavy (non-hydrogen) atoms. The lowest BCUT2D eigenvalue weighted by Crippen LogP contribution is -2.53. The zero-order valence-corrected chi connectivity index (χ0v) is 14.3.